The molecule has 8 nitrogen and oxygen atoms in total. The average molecular weight is 465 g/mol. The molecular weight excluding hydrogens is 440 g/mol. The van der Waals surface area contributed by atoms with Gasteiger partial charge in [-0.3, -0.25) is 4.79 Å². The van der Waals surface area contributed by atoms with Crippen molar-refractivity contribution in [1.29, 1.82) is 0 Å². The predicted octanol–water partition coefficient (Wildman–Crippen LogP) is 3.74. The summed E-state index contributed by atoms with van der Waals surface area (Å²) in [7, 11) is 1.63. The molecule has 3 heterocycles. The number of aryl methyl sites for hydroxylation is 1. The Morgan fingerprint density at radius 3 is 2.76 bits per heavy atom. The van der Waals surface area contributed by atoms with Crippen LogP contribution in [-0.4, -0.2) is 63.2 Å². The molecule has 0 N–H and O–H groups in total. The normalized spacial score (nSPS) is 16.7. The molecule has 1 aliphatic heterocycles. The fourth-order valence-corrected chi connectivity index (χ4v) is 4.65. The van der Waals surface area contributed by atoms with Crippen molar-refractivity contribution in [1.82, 2.24) is 24.5 Å². The van der Waals surface area contributed by atoms with E-state index in [1.165, 1.54) is 0 Å². The maximum absolute atomic E-state index is 13.2. The highest BCUT2D eigenvalue weighted by Gasteiger charge is 2.31. The summed E-state index contributed by atoms with van der Waals surface area (Å²) < 4.78 is 7.30. The van der Waals surface area contributed by atoms with Crippen LogP contribution in [-0.2, 0) is 11.3 Å². The average Bonchev–Trinajstić information content (AvgIpc) is 3.22. The van der Waals surface area contributed by atoms with Gasteiger partial charge in [-0.1, -0.05) is 29.8 Å². The fraction of sp³-hybridized carbons (Fsp3) is 0.333. The summed E-state index contributed by atoms with van der Waals surface area (Å²) in [5.41, 5.74) is 3.21. The molecule has 9 heteroatoms. The van der Waals surface area contributed by atoms with Crippen molar-refractivity contribution in [3.05, 3.63) is 64.4 Å². The number of amides is 1. The van der Waals surface area contributed by atoms with E-state index in [1.54, 1.807) is 7.11 Å². The lowest BCUT2D eigenvalue weighted by Crippen LogP contribution is -2.54. The van der Waals surface area contributed by atoms with Crippen LogP contribution in [0.1, 0.15) is 28.7 Å². The van der Waals surface area contributed by atoms with Gasteiger partial charge in [-0.15, -0.1) is 10.2 Å². The number of benzene rings is 2. The number of methoxy groups -OCH3 is 1. The number of carbonyl (C=O) groups is 1. The van der Waals surface area contributed by atoms with Gasteiger partial charge in [0.15, 0.2) is 11.5 Å². The Labute approximate surface area is 196 Å². The summed E-state index contributed by atoms with van der Waals surface area (Å²) in [4.78, 5) is 22.3. The summed E-state index contributed by atoms with van der Waals surface area (Å²) in [5.74, 6) is 1.47. The number of piperazine rings is 1. The van der Waals surface area contributed by atoms with Crippen LogP contribution in [0.15, 0.2) is 42.5 Å². The Hall–Kier alpha value is -3.23. The first-order valence-corrected chi connectivity index (χ1v) is 11.3. The Balaban J connectivity index is 1.52. The van der Waals surface area contributed by atoms with Crippen LogP contribution in [0.2, 0.25) is 5.02 Å². The molecule has 0 bridgehead atoms. The van der Waals surface area contributed by atoms with Crippen molar-refractivity contribution >= 4 is 40.0 Å². The van der Waals surface area contributed by atoms with Crippen molar-refractivity contribution in [2.24, 2.45) is 0 Å². The summed E-state index contributed by atoms with van der Waals surface area (Å²) >= 11 is 6.25. The Morgan fingerprint density at radius 2 is 2.00 bits per heavy atom. The zero-order chi connectivity index (χ0) is 23.1. The van der Waals surface area contributed by atoms with Gasteiger partial charge in [0.25, 0.3) is 5.91 Å². The third-order valence-corrected chi connectivity index (χ3v) is 6.41. The van der Waals surface area contributed by atoms with Crippen LogP contribution in [0.5, 0.6) is 0 Å². The third kappa shape index (κ3) is 3.79. The van der Waals surface area contributed by atoms with Crippen LogP contribution in [0, 0.1) is 6.92 Å². The van der Waals surface area contributed by atoms with Gasteiger partial charge in [0.2, 0.25) is 5.95 Å². The maximum atomic E-state index is 13.2. The van der Waals surface area contributed by atoms with Crippen LogP contribution < -0.4 is 4.90 Å². The van der Waals surface area contributed by atoms with Crippen LogP contribution >= 0.6 is 11.6 Å². The smallest absolute Gasteiger partial charge is 0.254 e. The fourth-order valence-electron chi connectivity index (χ4n) is 4.49. The van der Waals surface area contributed by atoms with Crippen LogP contribution in [0.4, 0.5) is 5.95 Å². The molecule has 33 heavy (non-hydrogen) atoms. The molecule has 1 fully saturated rings. The highest BCUT2D eigenvalue weighted by Crippen LogP contribution is 2.28. The second kappa shape index (κ2) is 8.61. The highest BCUT2D eigenvalue weighted by atomic mass is 35.5. The molecule has 1 atom stereocenters. The molecule has 0 aliphatic carbocycles. The second-order valence-electron chi connectivity index (χ2n) is 8.39. The van der Waals surface area contributed by atoms with Crippen LogP contribution in [0.3, 0.4) is 0 Å². The maximum Gasteiger partial charge on any atom is 0.254 e. The van der Waals surface area contributed by atoms with Gasteiger partial charge in [0, 0.05) is 48.8 Å². The first-order valence-electron chi connectivity index (χ1n) is 10.9. The molecule has 0 unspecified atom stereocenters. The minimum atomic E-state index is 0.000111. The van der Waals surface area contributed by atoms with E-state index in [-0.39, 0.29) is 11.9 Å². The molecule has 0 saturated carbocycles. The highest BCUT2D eigenvalue weighted by molar-refractivity contribution is 6.31. The summed E-state index contributed by atoms with van der Waals surface area (Å²) in [5, 5.41) is 10.3. The molecule has 2 aromatic carbocycles. The lowest BCUT2D eigenvalue weighted by atomic mass is 10.1. The number of hydrogen-bond acceptors (Lipinski definition) is 6. The van der Waals surface area contributed by atoms with E-state index in [1.807, 2.05) is 58.7 Å². The standard InChI is InChI=1S/C24H25ClN6O2/c1-15-6-4-5-7-18(15)23(32)30-11-10-29(13-16(30)2)24-26-20-12-17(25)8-9-19(20)22-28-27-21(14-33-3)31(22)24/h4-9,12,16H,10-11,13-14H2,1-3H3/t16-/m1/s1. The van der Waals surface area contributed by atoms with E-state index in [0.29, 0.717) is 42.7 Å². The number of rotatable bonds is 4. The molecule has 1 amide bonds. The number of fused-ring (bicyclic) bond motifs is 3. The van der Waals surface area contributed by atoms with Gasteiger partial charge in [-0.05, 0) is 43.7 Å². The predicted molar refractivity (Wildman–Crippen MR) is 128 cm³/mol. The van der Waals surface area contributed by atoms with Gasteiger partial charge in [-0.2, -0.15) is 0 Å². The van der Waals surface area contributed by atoms with Crippen molar-refractivity contribution in [2.75, 3.05) is 31.6 Å². The first-order chi connectivity index (χ1) is 16.0. The summed E-state index contributed by atoms with van der Waals surface area (Å²) in [6.45, 7) is 6.22. The lowest BCUT2D eigenvalue weighted by molar-refractivity contribution is 0.0672. The van der Waals surface area contributed by atoms with Crippen molar-refractivity contribution < 1.29 is 9.53 Å². The van der Waals surface area contributed by atoms with Crippen LogP contribution in [0.25, 0.3) is 16.6 Å². The number of carbonyl (C=O) groups excluding carboxylic acids is 1. The zero-order valence-electron chi connectivity index (χ0n) is 18.8. The zero-order valence-corrected chi connectivity index (χ0v) is 19.6. The van der Waals surface area contributed by atoms with Gasteiger partial charge in [-0.25, -0.2) is 9.38 Å². The summed E-state index contributed by atoms with van der Waals surface area (Å²) in [6, 6.07) is 13.3. The van der Waals surface area contributed by atoms with Gasteiger partial charge < -0.3 is 14.5 Å². The van der Waals surface area contributed by atoms with E-state index in [9.17, 15) is 4.79 Å². The molecule has 2 aromatic heterocycles. The van der Waals surface area contributed by atoms with Gasteiger partial charge in [0.05, 0.1) is 5.52 Å². The monoisotopic (exact) mass is 464 g/mol. The number of anilines is 1. The van der Waals surface area contributed by atoms with E-state index in [0.717, 1.165) is 28.0 Å². The first kappa shape index (κ1) is 21.6. The molecule has 170 valence electrons. The van der Waals surface area contributed by atoms with Crippen molar-refractivity contribution in [3.8, 4) is 0 Å². The quantitative estimate of drug-likeness (QED) is 0.458. The number of aromatic nitrogens is 4. The summed E-state index contributed by atoms with van der Waals surface area (Å²) in [6.07, 6.45) is 0. The van der Waals surface area contributed by atoms with Crippen molar-refractivity contribution in [2.45, 2.75) is 26.5 Å². The molecule has 1 aliphatic rings. The SMILES string of the molecule is COCc1nnc2c3ccc(Cl)cc3nc(N3CCN(C(=O)c4ccccc4C)[C@H](C)C3)n12. The largest absolute Gasteiger partial charge is 0.377 e. The van der Waals surface area contributed by atoms with Gasteiger partial charge in [0.1, 0.15) is 6.61 Å². The molecule has 0 spiro atoms. The van der Waals surface area contributed by atoms with E-state index in [2.05, 4.69) is 22.0 Å². The molecule has 0 radical (unpaired) electrons. The molecular formula is C24H25ClN6O2. The van der Waals surface area contributed by atoms with Crippen molar-refractivity contribution in [3.63, 3.8) is 0 Å². The second-order valence-corrected chi connectivity index (χ2v) is 8.83. The number of halogens is 1. The minimum absolute atomic E-state index is 0.000111. The Kier molecular flexibility index (Phi) is 5.64. The third-order valence-electron chi connectivity index (χ3n) is 6.17. The van der Waals surface area contributed by atoms with E-state index in [4.69, 9.17) is 21.3 Å². The Bertz CT molecular complexity index is 1350. The number of ether oxygens (including phenoxy) is 1. The topological polar surface area (TPSA) is 75.9 Å². The molecule has 1 saturated heterocycles. The van der Waals surface area contributed by atoms with E-state index < -0.39 is 0 Å². The molecule has 4 aromatic rings. The lowest BCUT2D eigenvalue weighted by Gasteiger charge is -2.40. The molecule has 5 rings (SSSR count). The van der Waals surface area contributed by atoms with Gasteiger partial charge >= 0.3 is 0 Å². The minimum Gasteiger partial charge on any atom is -0.377 e. The number of hydrogen-bond donors (Lipinski definition) is 0. The Morgan fingerprint density at radius 1 is 1.18 bits per heavy atom. The van der Waals surface area contributed by atoms with E-state index >= 15 is 0 Å². The number of nitrogens with zero attached hydrogens (tertiary/aromatic N) is 6.